The second-order valence-electron chi connectivity index (χ2n) is 8.72. The molecule has 2 saturated heterocycles. The number of nitrogens with zero attached hydrogens (tertiary/aromatic N) is 3. The van der Waals surface area contributed by atoms with E-state index < -0.39 is 5.79 Å². The number of hydrogen-bond acceptors (Lipinski definition) is 7. The molecule has 0 radical (unpaired) electrons. The third-order valence-electron chi connectivity index (χ3n) is 6.27. The van der Waals surface area contributed by atoms with Crippen molar-refractivity contribution in [2.45, 2.75) is 36.1 Å². The molecule has 1 N–H and O–H groups in total. The SMILES string of the molecule is O=C(NCc1ccc(F)cc1)c1ccc(CSc2nc(Cl)cc(N3CCC4(CC3)OCCO4)n2)cc1. The number of thioether (sulfide) groups is 1. The first kappa shape index (κ1) is 25.0. The number of nitrogens with one attached hydrogen (secondary N) is 1. The highest BCUT2D eigenvalue weighted by Gasteiger charge is 2.40. The van der Waals surface area contributed by atoms with E-state index >= 15 is 0 Å². The normalized spacial score (nSPS) is 16.9. The molecule has 1 spiro atoms. The first-order valence-electron chi connectivity index (χ1n) is 11.8. The highest BCUT2D eigenvalue weighted by atomic mass is 35.5. The fraction of sp³-hybridized carbons (Fsp3) is 0.346. The first-order valence-corrected chi connectivity index (χ1v) is 13.2. The van der Waals surface area contributed by atoms with Gasteiger partial charge < -0.3 is 19.7 Å². The molecule has 5 rings (SSSR count). The molecule has 1 aromatic heterocycles. The minimum Gasteiger partial charge on any atom is -0.356 e. The fourth-order valence-electron chi connectivity index (χ4n) is 4.26. The number of rotatable bonds is 7. The molecule has 36 heavy (non-hydrogen) atoms. The zero-order valence-electron chi connectivity index (χ0n) is 19.6. The van der Waals surface area contributed by atoms with E-state index in [0.717, 1.165) is 42.9 Å². The molecule has 2 aliphatic heterocycles. The number of amides is 1. The van der Waals surface area contributed by atoms with E-state index in [1.165, 1.54) is 23.9 Å². The van der Waals surface area contributed by atoms with Gasteiger partial charge in [0.05, 0.1) is 13.2 Å². The van der Waals surface area contributed by atoms with Crippen LogP contribution < -0.4 is 10.2 Å². The van der Waals surface area contributed by atoms with Crippen molar-refractivity contribution in [1.82, 2.24) is 15.3 Å². The van der Waals surface area contributed by atoms with Gasteiger partial charge in [0.1, 0.15) is 16.8 Å². The molecule has 1 amide bonds. The predicted molar refractivity (Wildman–Crippen MR) is 137 cm³/mol. The molecule has 0 aliphatic carbocycles. The average Bonchev–Trinajstić information content (AvgIpc) is 3.35. The summed E-state index contributed by atoms with van der Waals surface area (Å²) >= 11 is 7.80. The summed E-state index contributed by atoms with van der Waals surface area (Å²) in [5.74, 6) is 0.528. The quantitative estimate of drug-likeness (QED) is 0.267. The largest absolute Gasteiger partial charge is 0.356 e. The third-order valence-corrected chi connectivity index (χ3v) is 7.39. The van der Waals surface area contributed by atoms with E-state index in [4.69, 9.17) is 26.1 Å². The summed E-state index contributed by atoms with van der Waals surface area (Å²) in [7, 11) is 0. The van der Waals surface area contributed by atoms with Crippen LogP contribution in [0.4, 0.5) is 10.2 Å². The van der Waals surface area contributed by atoms with Crippen molar-refractivity contribution in [2.24, 2.45) is 0 Å². The number of anilines is 1. The molecule has 3 heterocycles. The fourth-order valence-corrected chi connectivity index (χ4v) is 5.30. The second kappa shape index (κ2) is 11.1. The van der Waals surface area contributed by atoms with E-state index in [-0.39, 0.29) is 11.7 Å². The molecule has 10 heteroatoms. The van der Waals surface area contributed by atoms with Crippen LogP contribution in [0.2, 0.25) is 5.15 Å². The van der Waals surface area contributed by atoms with Gasteiger partial charge in [-0.2, -0.15) is 0 Å². The van der Waals surface area contributed by atoms with Gasteiger partial charge in [0.2, 0.25) is 0 Å². The van der Waals surface area contributed by atoms with Crippen LogP contribution in [0, 0.1) is 5.82 Å². The number of carbonyl (C=O) groups is 1. The highest BCUT2D eigenvalue weighted by Crippen LogP contribution is 2.33. The van der Waals surface area contributed by atoms with Gasteiger partial charge in [0.25, 0.3) is 5.91 Å². The summed E-state index contributed by atoms with van der Waals surface area (Å²) in [5, 5.41) is 3.86. The molecule has 188 valence electrons. The van der Waals surface area contributed by atoms with Gasteiger partial charge in [-0.3, -0.25) is 4.79 Å². The Hall–Kier alpha value is -2.72. The van der Waals surface area contributed by atoms with E-state index in [1.807, 2.05) is 12.1 Å². The molecule has 2 fully saturated rings. The van der Waals surface area contributed by atoms with Crippen molar-refractivity contribution in [2.75, 3.05) is 31.2 Å². The summed E-state index contributed by atoms with van der Waals surface area (Å²) in [6.07, 6.45) is 1.59. The van der Waals surface area contributed by atoms with Gasteiger partial charge in [-0.05, 0) is 35.4 Å². The van der Waals surface area contributed by atoms with Gasteiger partial charge in [-0.25, -0.2) is 14.4 Å². The van der Waals surface area contributed by atoms with Crippen molar-refractivity contribution in [3.8, 4) is 0 Å². The zero-order chi connectivity index (χ0) is 25.0. The van der Waals surface area contributed by atoms with Crippen molar-refractivity contribution >= 4 is 35.1 Å². The van der Waals surface area contributed by atoms with Crippen LogP contribution in [0.3, 0.4) is 0 Å². The van der Waals surface area contributed by atoms with Crippen LogP contribution in [0.1, 0.15) is 34.3 Å². The molecular weight excluding hydrogens is 503 g/mol. The molecule has 3 aromatic rings. The van der Waals surface area contributed by atoms with Gasteiger partial charge >= 0.3 is 0 Å². The minimum absolute atomic E-state index is 0.182. The monoisotopic (exact) mass is 528 g/mol. The number of hydrogen-bond donors (Lipinski definition) is 1. The lowest BCUT2D eigenvalue weighted by Crippen LogP contribution is -2.45. The van der Waals surface area contributed by atoms with Crippen LogP contribution in [-0.2, 0) is 21.8 Å². The summed E-state index contributed by atoms with van der Waals surface area (Å²) in [4.78, 5) is 23.7. The molecular formula is C26H26ClFN4O3S. The lowest BCUT2D eigenvalue weighted by atomic mass is 10.0. The number of ether oxygens (including phenoxy) is 2. The van der Waals surface area contributed by atoms with Gasteiger partial charge in [0.15, 0.2) is 10.9 Å². The van der Waals surface area contributed by atoms with Crippen LogP contribution in [0.25, 0.3) is 0 Å². The second-order valence-corrected chi connectivity index (χ2v) is 10.1. The topological polar surface area (TPSA) is 76.6 Å². The van der Waals surface area contributed by atoms with E-state index in [1.54, 1.807) is 30.3 Å². The summed E-state index contributed by atoms with van der Waals surface area (Å²) < 4.78 is 24.6. The maximum Gasteiger partial charge on any atom is 0.251 e. The molecule has 0 saturated carbocycles. The summed E-state index contributed by atoms with van der Waals surface area (Å²) in [6.45, 7) is 3.21. The Morgan fingerprint density at radius 1 is 1.03 bits per heavy atom. The van der Waals surface area contributed by atoms with Crippen LogP contribution in [0.15, 0.2) is 59.8 Å². The Morgan fingerprint density at radius 3 is 2.39 bits per heavy atom. The zero-order valence-corrected chi connectivity index (χ0v) is 21.2. The lowest BCUT2D eigenvalue weighted by molar-refractivity contribution is -0.169. The van der Waals surface area contributed by atoms with Crippen molar-refractivity contribution in [1.29, 1.82) is 0 Å². The van der Waals surface area contributed by atoms with E-state index in [0.29, 0.717) is 41.4 Å². The van der Waals surface area contributed by atoms with Gasteiger partial charge in [-0.15, -0.1) is 0 Å². The van der Waals surface area contributed by atoms with Gasteiger partial charge in [0, 0.05) is 49.9 Å². The van der Waals surface area contributed by atoms with Crippen LogP contribution in [0.5, 0.6) is 0 Å². The van der Waals surface area contributed by atoms with E-state index in [9.17, 15) is 9.18 Å². The standard InChI is InChI=1S/C26H26ClFN4O3S/c27-22-15-23(32-11-9-26(10-12-32)34-13-14-35-26)31-25(30-22)36-17-19-1-5-20(6-2-19)24(33)29-16-18-3-7-21(28)8-4-18/h1-8,15H,9-14,16-17H2,(H,29,33). The maximum absolute atomic E-state index is 13.0. The highest BCUT2D eigenvalue weighted by molar-refractivity contribution is 7.98. The van der Waals surface area contributed by atoms with Gasteiger partial charge in [-0.1, -0.05) is 47.6 Å². The summed E-state index contributed by atoms with van der Waals surface area (Å²) in [5.41, 5.74) is 2.43. The number of piperidine rings is 1. The Labute approximate surface area is 218 Å². The molecule has 7 nitrogen and oxygen atoms in total. The smallest absolute Gasteiger partial charge is 0.251 e. The van der Waals surface area contributed by atoms with Crippen LogP contribution in [-0.4, -0.2) is 48.0 Å². The summed E-state index contributed by atoms with van der Waals surface area (Å²) in [6, 6.07) is 15.3. The predicted octanol–water partition coefficient (Wildman–Crippen LogP) is 4.83. The Balaban J connectivity index is 1.14. The van der Waals surface area contributed by atoms with E-state index in [2.05, 4.69) is 15.2 Å². The maximum atomic E-state index is 13.0. The van der Waals surface area contributed by atoms with Crippen LogP contribution >= 0.6 is 23.4 Å². The Morgan fingerprint density at radius 2 is 1.69 bits per heavy atom. The van der Waals surface area contributed by atoms with Crippen molar-refractivity contribution in [3.05, 3.63) is 82.3 Å². The van der Waals surface area contributed by atoms with Crippen molar-refractivity contribution < 1.29 is 18.7 Å². The minimum atomic E-state index is -0.436. The Kier molecular flexibility index (Phi) is 7.71. The first-order chi connectivity index (χ1) is 17.5. The number of benzene rings is 2. The average molecular weight is 529 g/mol. The Bertz CT molecular complexity index is 1200. The number of aromatic nitrogens is 2. The number of carbonyl (C=O) groups excluding carboxylic acids is 1. The molecule has 0 bridgehead atoms. The number of halogens is 2. The molecule has 2 aromatic carbocycles. The third kappa shape index (κ3) is 6.15. The molecule has 2 aliphatic rings. The lowest BCUT2D eigenvalue weighted by Gasteiger charge is -2.38. The molecule has 0 unspecified atom stereocenters. The van der Waals surface area contributed by atoms with Crippen molar-refractivity contribution in [3.63, 3.8) is 0 Å². The molecule has 0 atom stereocenters.